The van der Waals surface area contributed by atoms with Crippen molar-refractivity contribution < 1.29 is 9.21 Å². The lowest BCUT2D eigenvalue weighted by Gasteiger charge is -2.07. The Morgan fingerprint density at radius 2 is 1.73 bits per heavy atom. The summed E-state index contributed by atoms with van der Waals surface area (Å²) in [5.41, 5.74) is 8.82. The summed E-state index contributed by atoms with van der Waals surface area (Å²) in [6.07, 6.45) is 0. The third-order valence-corrected chi connectivity index (χ3v) is 3.61. The van der Waals surface area contributed by atoms with E-state index < -0.39 is 5.91 Å². The maximum absolute atomic E-state index is 12.3. The molecule has 3 aromatic rings. The molecule has 3 rings (SSSR count). The van der Waals surface area contributed by atoms with Crippen LogP contribution < -0.4 is 11.2 Å². The standard InChI is InChI=1S/C18H15NO3/c1-10-7-11(2)17-14(8-10)15(20)9-16(22-17)12-3-5-13(6-4-12)18(19)21/h3-9H,1-2H3,(H2,19,21). The predicted molar refractivity (Wildman–Crippen MR) is 85.9 cm³/mol. The highest BCUT2D eigenvalue weighted by atomic mass is 16.3. The molecule has 0 radical (unpaired) electrons. The molecule has 1 amide bonds. The molecule has 22 heavy (non-hydrogen) atoms. The lowest BCUT2D eigenvalue weighted by Crippen LogP contribution is -2.10. The fourth-order valence-corrected chi connectivity index (χ4v) is 2.55. The number of hydrogen-bond donors (Lipinski definition) is 1. The van der Waals surface area contributed by atoms with Crippen LogP contribution >= 0.6 is 0 Å². The molecule has 0 saturated carbocycles. The summed E-state index contributed by atoms with van der Waals surface area (Å²) in [7, 11) is 0. The molecule has 0 atom stereocenters. The lowest BCUT2D eigenvalue weighted by atomic mass is 10.1. The number of carbonyl (C=O) groups excluding carboxylic acids is 1. The zero-order chi connectivity index (χ0) is 15.9. The molecule has 0 fully saturated rings. The van der Waals surface area contributed by atoms with Gasteiger partial charge < -0.3 is 10.2 Å². The second-order valence-corrected chi connectivity index (χ2v) is 5.38. The molecule has 2 N–H and O–H groups in total. The Hall–Kier alpha value is -2.88. The van der Waals surface area contributed by atoms with Gasteiger partial charge in [0.25, 0.3) is 0 Å². The summed E-state index contributed by atoms with van der Waals surface area (Å²) in [5, 5.41) is 0.579. The van der Waals surface area contributed by atoms with Gasteiger partial charge in [-0.05, 0) is 43.2 Å². The first-order chi connectivity index (χ1) is 10.5. The molecule has 2 aromatic carbocycles. The second-order valence-electron chi connectivity index (χ2n) is 5.38. The Bertz CT molecular complexity index is 937. The van der Waals surface area contributed by atoms with E-state index in [1.165, 1.54) is 6.07 Å². The summed E-state index contributed by atoms with van der Waals surface area (Å²) < 4.78 is 5.90. The van der Waals surface area contributed by atoms with Crippen molar-refractivity contribution >= 4 is 16.9 Å². The van der Waals surface area contributed by atoms with Gasteiger partial charge in [-0.3, -0.25) is 9.59 Å². The van der Waals surface area contributed by atoms with E-state index in [1.54, 1.807) is 24.3 Å². The molecule has 1 heterocycles. The van der Waals surface area contributed by atoms with E-state index >= 15 is 0 Å². The Morgan fingerprint density at radius 1 is 1.05 bits per heavy atom. The van der Waals surface area contributed by atoms with E-state index in [9.17, 15) is 9.59 Å². The second kappa shape index (κ2) is 5.15. The number of aryl methyl sites for hydroxylation is 2. The van der Waals surface area contributed by atoms with E-state index in [4.69, 9.17) is 10.2 Å². The number of primary amides is 1. The van der Waals surface area contributed by atoms with E-state index in [0.717, 1.165) is 16.7 Å². The van der Waals surface area contributed by atoms with Crippen molar-refractivity contribution in [2.24, 2.45) is 5.73 Å². The van der Waals surface area contributed by atoms with Crippen molar-refractivity contribution in [3.8, 4) is 11.3 Å². The Labute approximate surface area is 127 Å². The fourth-order valence-electron chi connectivity index (χ4n) is 2.55. The summed E-state index contributed by atoms with van der Waals surface area (Å²) in [6.45, 7) is 3.86. The van der Waals surface area contributed by atoms with Crippen LogP contribution in [0.3, 0.4) is 0 Å². The SMILES string of the molecule is Cc1cc(C)c2oc(-c3ccc(C(N)=O)cc3)cc(=O)c2c1. The summed E-state index contributed by atoms with van der Waals surface area (Å²) in [4.78, 5) is 23.4. The average Bonchev–Trinajstić information content (AvgIpc) is 2.48. The molecule has 4 heteroatoms. The Morgan fingerprint density at radius 3 is 2.36 bits per heavy atom. The number of carbonyl (C=O) groups is 1. The summed E-state index contributed by atoms with van der Waals surface area (Å²) >= 11 is 0. The first-order valence-electron chi connectivity index (χ1n) is 6.91. The van der Waals surface area contributed by atoms with E-state index in [2.05, 4.69) is 0 Å². The number of rotatable bonds is 2. The van der Waals surface area contributed by atoms with Gasteiger partial charge in [-0.1, -0.05) is 18.2 Å². The average molecular weight is 293 g/mol. The van der Waals surface area contributed by atoms with Crippen LogP contribution in [0.1, 0.15) is 21.5 Å². The van der Waals surface area contributed by atoms with Crippen LogP contribution in [0.25, 0.3) is 22.3 Å². The van der Waals surface area contributed by atoms with Crippen molar-refractivity contribution in [1.29, 1.82) is 0 Å². The van der Waals surface area contributed by atoms with Gasteiger partial charge in [0, 0.05) is 17.2 Å². The molecule has 0 saturated heterocycles. The predicted octanol–water partition coefficient (Wildman–Crippen LogP) is 3.18. The summed E-state index contributed by atoms with van der Waals surface area (Å²) in [5.74, 6) is -0.0155. The highest BCUT2D eigenvalue weighted by Crippen LogP contribution is 2.25. The maximum atomic E-state index is 12.3. The number of benzene rings is 2. The molecule has 0 spiro atoms. The van der Waals surface area contributed by atoms with Crippen LogP contribution in [0.2, 0.25) is 0 Å². The number of hydrogen-bond acceptors (Lipinski definition) is 3. The van der Waals surface area contributed by atoms with Gasteiger partial charge in [-0.2, -0.15) is 0 Å². The normalized spacial score (nSPS) is 10.8. The first-order valence-corrected chi connectivity index (χ1v) is 6.91. The molecule has 110 valence electrons. The van der Waals surface area contributed by atoms with Gasteiger partial charge in [-0.25, -0.2) is 0 Å². The highest BCUT2D eigenvalue weighted by Gasteiger charge is 2.10. The van der Waals surface area contributed by atoms with Gasteiger partial charge in [0.2, 0.25) is 5.91 Å². The highest BCUT2D eigenvalue weighted by molar-refractivity contribution is 5.93. The van der Waals surface area contributed by atoms with E-state index in [-0.39, 0.29) is 5.43 Å². The van der Waals surface area contributed by atoms with Crippen LogP contribution in [0.15, 0.2) is 51.7 Å². The minimum Gasteiger partial charge on any atom is -0.456 e. The monoisotopic (exact) mass is 293 g/mol. The zero-order valence-electron chi connectivity index (χ0n) is 12.3. The Kier molecular flexibility index (Phi) is 3.29. The molecule has 0 aliphatic heterocycles. The van der Waals surface area contributed by atoms with Crippen LogP contribution in [0, 0.1) is 13.8 Å². The van der Waals surface area contributed by atoms with Gasteiger partial charge in [0.05, 0.1) is 5.39 Å². The van der Waals surface area contributed by atoms with Crippen LogP contribution in [-0.2, 0) is 0 Å². The van der Waals surface area contributed by atoms with Crippen molar-refractivity contribution in [2.75, 3.05) is 0 Å². The number of nitrogens with two attached hydrogens (primary N) is 1. The van der Waals surface area contributed by atoms with Crippen molar-refractivity contribution in [3.63, 3.8) is 0 Å². The molecule has 1 aromatic heterocycles. The van der Waals surface area contributed by atoms with Gasteiger partial charge in [0.1, 0.15) is 11.3 Å². The third kappa shape index (κ3) is 2.39. The minimum absolute atomic E-state index is 0.0815. The molecule has 0 unspecified atom stereocenters. The van der Waals surface area contributed by atoms with E-state index in [0.29, 0.717) is 22.3 Å². The number of amides is 1. The maximum Gasteiger partial charge on any atom is 0.248 e. The summed E-state index contributed by atoms with van der Waals surface area (Å²) in [6, 6.07) is 11.9. The van der Waals surface area contributed by atoms with Crippen LogP contribution in [0.4, 0.5) is 0 Å². The van der Waals surface area contributed by atoms with Gasteiger partial charge in [0.15, 0.2) is 5.43 Å². The molecule has 0 bridgehead atoms. The van der Waals surface area contributed by atoms with Crippen molar-refractivity contribution in [1.82, 2.24) is 0 Å². The Balaban J connectivity index is 2.20. The quantitative estimate of drug-likeness (QED) is 0.788. The van der Waals surface area contributed by atoms with Crippen molar-refractivity contribution in [2.45, 2.75) is 13.8 Å². The molecular formula is C18H15NO3. The topological polar surface area (TPSA) is 73.3 Å². The minimum atomic E-state index is -0.488. The van der Waals surface area contributed by atoms with Crippen molar-refractivity contribution in [3.05, 3.63) is 69.4 Å². The van der Waals surface area contributed by atoms with Crippen LogP contribution in [0.5, 0.6) is 0 Å². The molecule has 0 aliphatic carbocycles. The number of fused-ring (bicyclic) bond motifs is 1. The molecule has 4 nitrogen and oxygen atoms in total. The fraction of sp³-hybridized carbons (Fsp3) is 0.111. The third-order valence-electron chi connectivity index (χ3n) is 3.61. The smallest absolute Gasteiger partial charge is 0.248 e. The van der Waals surface area contributed by atoms with Gasteiger partial charge in [-0.15, -0.1) is 0 Å². The molecular weight excluding hydrogens is 278 g/mol. The van der Waals surface area contributed by atoms with E-state index in [1.807, 2.05) is 26.0 Å². The zero-order valence-corrected chi connectivity index (χ0v) is 12.3. The van der Waals surface area contributed by atoms with Crippen LogP contribution in [-0.4, -0.2) is 5.91 Å². The molecule has 0 aliphatic rings. The lowest BCUT2D eigenvalue weighted by molar-refractivity contribution is 0.100. The first kappa shape index (κ1) is 14.1. The largest absolute Gasteiger partial charge is 0.456 e. The van der Waals surface area contributed by atoms with Gasteiger partial charge >= 0.3 is 0 Å².